The number of methoxy groups -OCH3 is 1. The van der Waals surface area contributed by atoms with Crippen LogP contribution in [0.5, 0.6) is 0 Å². The zero-order valence-electron chi connectivity index (χ0n) is 27.7. The highest BCUT2D eigenvalue weighted by atomic mass is 16.5. The lowest BCUT2D eigenvalue weighted by Gasteiger charge is -2.28. The van der Waals surface area contributed by atoms with E-state index < -0.39 is 0 Å². The van der Waals surface area contributed by atoms with Gasteiger partial charge in [-0.2, -0.15) is 0 Å². The lowest BCUT2D eigenvalue weighted by molar-refractivity contribution is -0.151. The fourth-order valence-corrected chi connectivity index (χ4v) is 5.30. The molecule has 0 aliphatic carbocycles. The third-order valence-electron chi connectivity index (χ3n) is 6.04. The Bertz CT molecular complexity index is 543. The Balaban J connectivity index is -0.000000460. The van der Waals surface area contributed by atoms with Gasteiger partial charge in [-0.25, -0.2) is 0 Å². The molecule has 0 rings (SSSR count). The van der Waals surface area contributed by atoms with Gasteiger partial charge in [0.25, 0.3) is 0 Å². The molecule has 0 fully saturated rings. The topological polar surface area (TPSA) is 35.5 Å². The number of hydrogen-bond acceptors (Lipinski definition) is 3. The second-order valence-corrected chi connectivity index (χ2v) is 13.3. The molecule has 0 saturated carbocycles. The summed E-state index contributed by atoms with van der Waals surface area (Å²) in [4.78, 5) is 10.9. The first-order chi connectivity index (χ1) is 16.3. The second kappa shape index (κ2) is 22.2. The minimum absolute atomic E-state index is 0.0647. The van der Waals surface area contributed by atoms with E-state index in [0.29, 0.717) is 41.6 Å². The quantitative estimate of drug-likeness (QED) is 0.182. The van der Waals surface area contributed by atoms with Crippen LogP contribution in [-0.2, 0) is 14.3 Å². The Labute approximate surface area is 228 Å². The molecule has 3 nitrogen and oxygen atoms in total. The van der Waals surface area contributed by atoms with Crippen molar-refractivity contribution in [2.24, 2.45) is 47.3 Å². The van der Waals surface area contributed by atoms with E-state index in [9.17, 15) is 4.79 Å². The van der Waals surface area contributed by atoms with Gasteiger partial charge in [-0.05, 0) is 73.5 Å². The van der Waals surface area contributed by atoms with Gasteiger partial charge < -0.3 is 9.47 Å². The number of carbonyl (C=O) groups excluding carboxylic acids is 1. The fourth-order valence-electron chi connectivity index (χ4n) is 5.30. The van der Waals surface area contributed by atoms with Crippen LogP contribution < -0.4 is 0 Å². The Morgan fingerprint density at radius 2 is 1.03 bits per heavy atom. The van der Waals surface area contributed by atoms with E-state index in [1.165, 1.54) is 25.3 Å². The molecule has 218 valence electrons. The minimum Gasteiger partial charge on any atom is -0.462 e. The molecule has 3 heteroatoms. The number of esters is 1. The lowest BCUT2D eigenvalue weighted by Crippen LogP contribution is -2.30. The van der Waals surface area contributed by atoms with Gasteiger partial charge >= 0.3 is 5.97 Å². The van der Waals surface area contributed by atoms with Crippen molar-refractivity contribution in [3.8, 4) is 0 Å². The van der Waals surface area contributed by atoms with Gasteiger partial charge in [-0.1, -0.05) is 109 Å². The molecule has 0 spiro atoms. The van der Waals surface area contributed by atoms with E-state index in [1.807, 2.05) is 7.11 Å². The predicted molar refractivity (Wildman–Crippen MR) is 161 cm³/mol. The van der Waals surface area contributed by atoms with Crippen molar-refractivity contribution < 1.29 is 14.3 Å². The Kier molecular flexibility index (Phi) is 24.4. The van der Waals surface area contributed by atoms with Gasteiger partial charge in [0.2, 0.25) is 0 Å². The fraction of sp³-hybridized carbons (Fsp3) is 0.909. The molecule has 0 N–H and O–H groups in total. The average Bonchev–Trinajstić information content (AvgIpc) is 2.64. The molecule has 0 saturated heterocycles. The van der Waals surface area contributed by atoms with Crippen LogP contribution in [0.2, 0.25) is 0 Å². The van der Waals surface area contributed by atoms with Crippen LogP contribution in [0.25, 0.3) is 0 Å². The Morgan fingerprint density at radius 1 is 0.639 bits per heavy atom. The summed E-state index contributed by atoms with van der Waals surface area (Å²) in [6, 6.07) is 0. The van der Waals surface area contributed by atoms with Gasteiger partial charge in [0, 0.05) is 14.0 Å². The monoisotopic (exact) mass is 513 g/mol. The minimum atomic E-state index is -0.167. The highest BCUT2D eigenvalue weighted by molar-refractivity contribution is 5.66. The summed E-state index contributed by atoms with van der Waals surface area (Å²) in [5.41, 5.74) is 1.53. The molecule has 4 atom stereocenters. The van der Waals surface area contributed by atoms with Crippen LogP contribution >= 0.6 is 0 Å². The number of allylic oxidation sites excluding steroid dienone is 2. The first-order valence-corrected chi connectivity index (χ1v) is 14.7. The van der Waals surface area contributed by atoms with Crippen LogP contribution in [0.3, 0.4) is 0 Å². The number of ether oxygens (including phenoxy) is 2. The summed E-state index contributed by atoms with van der Waals surface area (Å²) in [7, 11) is 1.82. The number of hydrogen-bond donors (Lipinski definition) is 0. The maximum absolute atomic E-state index is 10.9. The third kappa shape index (κ3) is 24.8. The van der Waals surface area contributed by atoms with Crippen molar-refractivity contribution in [2.75, 3.05) is 7.11 Å². The largest absolute Gasteiger partial charge is 0.462 e. The van der Waals surface area contributed by atoms with E-state index in [2.05, 4.69) is 110 Å². The van der Waals surface area contributed by atoms with Crippen LogP contribution in [-0.4, -0.2) is 25.3 Å². The molecule has 0 radical (unpaired) electrons. The van der Waals surface area contributed by atoms with E-state index in [-0.39, 0.29) is 12.1 Å². The van der Waals surface area contributed by atoms with Gasteiger partial charge in [0.1, 0.15) is 6.10 Å². The van der Waals surface area contributed by atoms with Crippen molar-refractivity contribution in [1.29, 1.82) is 0 Å². The summed E-state index contributed by atoms with van der Waals surface area (Å²) in [6.45, 7) is 34.7. The molecule has 36 heavy (non-hydrogen) atoms. The molecular formula is C33H68O3. The van der Waals surface area contributed by atoms with Crippen LogP contribution in [0, 0.1) is 47.3 Å². The summed E-state index contributed by atoms with van der Waals surface area (Å²) in [5.74, 6) is 4.91. The molecular weight excluding hydrogens is 444 g/mol. The molecule has 0 bridgehead atoms. The average molecular weight is 513 g/mol. The lowest BCUT2D eigenvalue weighted by atomic mass is 9.88. The van der Waals surface area contributed by atoms with E-state index in [1.54, 1.807) is 0 Å². The maximum Gasteiger partial charge on any atom is 0.302 e. The van der Waals surface area contributed by atoms with E-state index >= 15 is 0 Å². The summed E-state index contributed by atoms with van der Waals surface area (Å²) < 4.78 is 10.8. The van der Waals surface area contributed by atoms with Gasteiger partial charge in [-0.3, -0.25) is 4.79 Å². The zero-order valence-corrected chi connectivity index (χ0v) is 27.7. The van der Waals surface area contributed by atoms with Crippen molar-refractivity contribution in [3.63, 3.8) is 0 Å². The molecule has 0 aromatic rings. The summed E-state index contributed by atoms with van der Waals surface area (Å²) in [5, 5.41) is 0. The summed E-state index contributed by atoms with van der Waals surface area (Å²) in [6.07, 6.45) is 6.45. The number of carbonyl (C=O) groups is 1. The maximum atomic E-state index is 10.9. The second-order valence-electron chi connectivity index (χ2n) is 13.3. The third-order valence-corrected chi connectivity index (χ3v) is 6.04. The molecule has 0 heterocycles. The predicted octanol–water partition coefficient (Wildman–Crippen LogP) is 10.2. The van der Waals surface area contributed by atoms with Crippen molar-refractivity contribution in [3.05, 3.63) is 11.6 Å². The number of rotatable bonds is 13. The van der Waals surface area contributed by atoms with Crippen LogP contribution in [0.1, 0.15) is 130 Å². The SMILES string of the molecule is C/C(=C/C(C)C)CC(C)C.CC(=O)O[C@@H](C(C)C)C(C)CC(C)C.CO[C@@H](C(C)C)C(C)CC(C)C. The standard InChI is InChI=1S/C12H24O2.C11H24O.C10H20/c1-8(2)7-10(5)12(9(3)4)14-11(6)13;1-8(2)7-10(5)11(12-6)9(3)4;1-8(2)6-10(5)7-9(3)4/h8-10,12H,7H2,1-6H3;8-11H,7H2,1-6H3;6,8-9H,7H2,1-5H3/b;;10-6-/t10?,12-;10?,11-;/m00./s1. The van der Waals surface area contributed by atoms with Crippen LogP contribution in [0.4, 0.5) is 0 Å². The Morgan fingerprint density at radius 3 is 1.28 bits per heavy atom. The molecule has 2 unspecified atom stereocenters. The Hall–Kier alpha value is -0.830. The van der Waals surface area contributed by atoms with Gasteiger partial charge in [-0.15, -0.1) is 0 Å². The molecule has 0 aromatic heterocycles. The van der Waals surface area contributed by atoms with Crippen LogP contribution in [0.15, 0.2) is 11.6 Å². The molecule has 0 aliphatic heterocycles. The van der Waals surface area contributed by atoms with Crippen molar-refractivity contribution in [2.45, 2.75) is 142 Å². The summed E-state index contributed by atoms with van der Waals surface area (Å²) >= 11 is 0. The molecule has 0 amide bonds. The van der Waals surface area contributed by atoms with Crippen molar-refractivity contribution in [1.82, 2.24) is 0 Å². The van der Waals surface area contributed by atoms with Gasteiger partial charge in [0.05, 0.1) is 6.10 Å². The van der Waals surface area contributed by atoms with Gasteiger partial charge in [0.15, 0.2) is 0 Å². The molecule has 0 aromatic carbocycles. The smallest absolute Gasteiger partial charge is 0.302 e. The zero-order chi connectivity index (χ0) is 29.2. The highest BCUT2D eigenvalue weighted by Crippen LogP contribution is 2.23. The van der Waals surface area contributed by atoms with Crippen molar-refractivity contribution >= 4 is 5.97 Å². The van der Waals surface area contributed by atoms with E-state index in [0.717, 1.165) is 18.3 Å². The first kappa shape index (κ1) is 39.7. The molecule has 0 aliphatic rings. The highest BCUT2D eigenvalue weighted by Gasteiger charge is 2.24. The van der Waals surface area contributed by atoms with E-state index in [4.69, 9.17) is 9.47 Å². The first-order valence-electron chi connectivity index (χ1n) is 14.7. The normalized spacial score (nSPS) is 15.5.